The second-order valence-corrected chi connectivity index (χ2v) is 18.3. The Kier molecular flexibility index (Phi) is 10.8. The minimum atomic E-state index is -2.25. The lowest BCUT2D eigenvalue weighted by atomic mass is 9.48. The first-order chi connectivity index (χ1) is 28.1. The maximum Gasteiger partial charge on any atom is 0.408 e. The first-order valence-electron chi connectivity index (χ1n) is 20.2. The van der Waals surface area contributed by atoms with Crippen molar-refractivity contribution >= 4 is 35.8 Å². The molecule has 1 aliphatic heterocycles. The first kappa shape index (κ1) is 43.0. The van der Waals surface area contributed by atoms with Crippen LogP contribution in [0.5, 0.6) is 0 Å². The van der Waals surface area contributed by atoms with Crippen molar-refractivity contribution in [2.45, 2.75) is 128 Å². The number of alkyl carbamates (subject to hydrolysis) is 1. The maximum absolute atomic E-state index is 15.4. The molecular weight excluding hydrogens is 778 g/mol. The Labute approximate surface area is 348 Å². The summed E-state index contributed by atoms with van der Waals surface area (Å²) in [6, 6.07) is 14.9. The number of amides is 1. The lowest BCUT2D eigenvalue weighted by Gasteiger charge is -2.64. The van der Waals surface area contributed by atoms with Crippen molar-refractivity contribution in [2.24, 2.45) is 22.7 Å². The van der Waals surface area contributed by atoms with E-state index in [1.54, 1.807) is 90.1 Å². The molecule has 11 atom stereocenters. The number of rotatable bonds is 9. The van der Waals surface area contributed by atoms with Crippen LogP contribution in [0.25, 0.3) is 0 Å². The molecule has 0 radical (unpaired) electrons. The fourth-order valence-corrected chi connectivity index (χ4v) is 10.4. The molecular formula is C45H53NO14. The molecule has 4 fully saturated rings. The molecule has 1 heterocycles. The van der Waals surface area contributed by atoms with Gasteiger partial charge in [0.05, 0.1) is 24.1 Å². The van der Waals surface area contributed by atoms with Crippen LogP contribution in [0.3, 0.4) is 0 Å². The van der Waals surface area contributed by atoms with Gasteiger partial charge in [-0.1, -0.05) is 62.4 Å². The molecule has 5 aliphatic rings. The highest BCUT2D eigenvalue weighted by Crippen LogP contribution is 2.74. The fraction of sp³-hybridized carbons (Fsp3) is 0.556. The molecule has 15 nitrogen and oxygen atoms in total. The second kappa shape index (κ2) is 15.1. The highest BCUT2D eigenvalue weighted by Gasteiger charge is 2.84. The third-order valence-electron chi connectivity index (χ3n) is 13.2. The quantitative estimate of drug-likeness (QED) is 0.181. The van der Waals surface area contributed by atoms with Gasteiger partial charge < -0.3 is 44.0 Å². The summed E-state index contributed by atoms with van der Waals surface area (Å²) in [5.74, 6) is -5.65. The van der Waals surface area contributed by atoms with Crippen LogP contribution in [0, 0.1) is 22.7 Å². The number of aliphatic hydroxyl groups is 2. The zero-order valence-corrected chi connectivity index (χ0v) is 35.0. The first-order valence-corrected chi connectivity index (χ1v) is 20.2. The number of benzene rings is 2. The van der Waals surface area contributed by atoms with Gasteiger partial charge in [0.25, 0.3) is 0 Å². The number of esters is 4. The van der Waals surface area contributed by atoms with Gasteiger partial charge in [0.15, 0.2) is 23.6 Å². The summed E-state index contributed by atoms with van der Waals surface area (Å²) >= 11 is 0. The molecule has 322 valence electrons. The number of fused-ring (bicyclic) bond motifs is 4. The largest absolute Gasteiger partial charge is 0.456 e. The van der Waals surface area contributed by atoms with E-state index in [0.717, 1.165) is 6.92 Å². The predicted molar refractivity (Wildman–Crippen MR) is 210 cm³/mol. The summed E-state index contributed by atoms with van der Waals surface area (Å²) in [4.78, 5) is 82.8. The number of hydrogen-bond donors (Lipinski definition) is 3. The van der Waals surface area contributed by atoms with Crippen LogP contribution < -0.4 is 5.32 Å². The summed E-state index contributed by atoms with van der Waals surface area (Å²) < 4.78 is 36.0. The molecule has 3 saturated carbocycles. The van der Waals surface area contributed by atoms with Crippen molar-refractivity contribution < 1.29 is 67.4 Å². The monoisotopic (exact) mass is 831 g/mol. The van der Waals surface area contributed by atoms with Gasteiger partial charge in [-0.15, -0.1) is 0 Å². The molecule has 1 saturated heterocycles. The van der Waals surface area contributed by atoms with Crippen LogP contribution in [0.1, 0.15) is 96.6 Å². The Hall–Kier alpha value is -5.12. The minimum absolute atomic E-state index is 0.128. The number of hydrogen-bond acceptors (Lipinski definition) is 14. The van der Waals surface area contributed by atoms with Crippen molar-refractivity contribution in [3.05, 3.63) is 82.9 Å². The van der Waals surface area contributed by atoms with Gasteiger partial charge in [-0.3, -0.25) is 14.4 Å². The standard InChI is InChI=1S/C45H53NO14/c1-23-29(57-39(52)33(49)32(26-15-11-9-12-16-26)46-40(53)60-41(4,5)6)21-45(54)37(58-38(51)27-17-13-10-14-18-27)35-43(36(50)34(56-24(2)47)31(23)42(45,7)8)20-28(43)19-30-44(35,22-55-30)59-25(3)48/h9-18,28-30,32-35,37,49,54H,19-22H2,1-8H3,(H,46,53)/t28-,29+,30-,32?,33?,34-,35+,37+,43-,44+,45-/m1/s1. The van der Waals surface area contributed by atoms with E-state index in [4.69, 9.17) is 28.4 Å². The van der Waals surface area contributed by atoms with E-state index in [-0.39, 0.29) is 35.7 Å². The molecule has 60 heavy (non-hydrogen) atoms. The molecule has 3 N–H and O–H groups in total. The van der Waals surface area contributed by atoms with Crippen LogP contribution in [-0.2, 0) is 47.6 Å². The van der Waals surface area contributed by atoms with Crippen molar-refractivity contribution in [2.75, 3.05) is 6.61 Å². The summed E-state index contributed by atoms with van der Waals surface area (Å²) in [5, 5.41) is 27.9. The van der Waals surface area contributed by atoms with Gasteiger partial charge in [0, 0.05) is 31.1 Å². The topological polar surface area (TPSA) is 210 Å². The summed E-state index contributed by atoms with van der Waals surface area (Å²) in [5.41, 5.74) is -6.79. The van der Waals surface area contributed by atoms with Crippen LogP contribution in [0.2, 0.25) is 0 Å². The SMILES string of the molecule is CC(=O)O[C@H]1C(=O)[C@]23C[C@H]2C[C@H]2OC[C@@]2(OC(C)=O)[C@H]3[C@H](OC(=O)c2ccccc2)[C@]2(O)C[C@H](OC(=O)C(O)C(NC(=O)OC(C)(C)C)c3ccccc3)C(C)=C1C2(C)C. The number of ketones is 1. The molecule has 1 amide bonds. The van der Waals surface area contributed by atoms with E-state index in [0.29, 0.717) is 12.0 Å². The van der Waals surface area contributed by atoms with E-state index in [9.17, 15) is 34.2 Å². The number of aliphatic hydroxyl groups excluding tert-OH is 1. The average Bonchev–Trinajstić information content (AvgIpc) is 3.90. The van der Waals surface area contributed by atoms with E-state index >= 15 is 4.79 Å². The van der Waals surface area contributed by atoms with Crippen LogP contribution in [0.4, 0.5) is 4.79 Å². The Morgan fingerprint density at radius 3 is 2.10 bits per heavy atom. The molecule has 15 heteroatoms. The smallest absolute Gasteiger partial charge is 0.408 e. The number of ether oxygens (including phenoxy) is 6. The summed E-state index contributed by atoms with van der Waals surface area (Å²) in [6.07, 6.45) is -8.18. The number of nitrogens with one attached hydrogen (secondary N) is 1. The Balaban J connectivity index is 1.37. The molecule has 1 spiro atoms. The normalized spacial score (nSPS) is 33.3. The highest BCUT2D eigenvalue weighted by atomic mass is 16.6. The summed E-state index contributed by atoms with van der Waals surface area (Å²) in [6.45, 7) is 12.0. The van der Waals surface area contributed by atoms with E-state index in [1.165, 1.54) is 19.1 Å². The number of Topliss-reactive ketones (excluding diaryl/α,β-unsaturated/α-hetero) is 1. The maximum atomic E-state index is 15.4. The molecule has 2 aromatic carbocycles. The lowest BCUT2D eigenvalue weighted by molar-refractivity contribution is -0.323. The van der Waals surface area contributed by atoms with Crippen LogP contribution >= 0.6 is 0 Å². The Morgan fingerprint density at radius 2 is 1.53 bits per heavy atom. The van der Waals surface area contributed by atoms with Crippen LogP contribution in [0.15, 0.2) is 71.8 Å². The van der Waals surface area contributed by atoms with Gasteiger partial charge in [-0.25, -0.2) is 14.4 Å². The lowest BCUT2D eigenvalue weighted by Crippen LogP contribution is -2.78. The van der Waals surface area contributed by atoms with Crippen molar-refractivity contribution in [3.8, 4) is 0 Å². The molecule has 0 aromatic heterocycles. The minimum Gasteiger partial charge on any atom is -0.456 e. The second-order valence-electron chi connectivity index (χ2n) is 18.3. The van der Waals surface area contributed by atoms with Crippen LogP contribution in [-0.4, -0.2) is 99.9 Å². The average molecular weight is 832 g/mol. The zero-order chi connectivity index (χ0) is 43.7. The number of carbonyl (C=O) groups is 6. The highest BCUT2D eigenvalue weighted by molar-refractivity contribution is 5.97. The molecule has 2 unspecified atom stereocenters. The molecule has 2 bridgehead atoms. The number of carbonyl (C=O) groups excluding carboxylic acids is 6. The van der Waals surface area contributed by atoms with Crippen molar-refractivity contribution in [1.29, 1.82) is 0 Å². The fourth-order valence-electron chi connectivity index (χ4n) is 10.4. The molecule has 4 aliphatic carbocycles. The van der Waals surface area contributed by atoms with Gasteiger partial charge in [0.2, 0.25) is 0 Å². The van der Waals surface area contributed by atoms with Gasteiger partial charge in [-0.2, -0.15) is 0 Å². The molecule has 2 aromatic rings. The Morgan fingerprint density at radius 1 is 0.900 bits per heavy atom. The van der Waals surface area contributed by atoms with E-state index in [1.807, 2.05) is 0 Å². The predicted octanol–water partition coefficient (Wildman–Crippen LogP) is 4.47. The van der Waals surface area contributed by atoms with Gasteiger partial charge in [-0.05, 0) is 75.3 Å². The van der Waals surface area contributed by atoms with Crippen molar-refractivity contribution in [1.82, 2.24) is 5.32 Å². The molecule has 7 rings (SSSR count). The van der Waals surface area contributed by atoms with E-state index < -0.39 is 112 Å². The van der Waals surface area contributed by atoms with Gasteiger partial charge >= 0.3 is 30.0 Å². The van der Waals surface area contributed by atoms with E-state index in [2.05, 4.69) is 5.32 Å². The van der Waals surface area contributed by atoms with Crippen molar-refractivity contribution in [3.63, 3.8) is 0 Å². The third-order valence-corrected chi connectivity index (χ3v) is 13.2. The van der Waals surface area contributed by atoms with Gasteiger partial charge in [0.1, 0.15) is 29.5 Å². The third kappa shape index (κ3) is 7.07. The zero-order valence-electron chi connectivity index (χ0n) is 35.0. The summed E-state index contributed by atoms with van der Waals surface area (Å²) in [7, 11) is 0. The Bertz CT molecular complexity index is 2110.